The zero-order valence-electron chi connectivity index (χ0n) is 11.3. The van der Waals surface area contributed by atoms with Gasteiger partial charge < -0.3 is 15.3 Å². The van der Waals surface area contributed by atoms with Gasteiger partial charge in [0, 0.05) is 42.4 Å². The van der Waals surface area contributed by atoms with E-state index in [1.54, 1.807) is 20.2 Å². The molecule has 0 heterocycles. The van der Waals surface area contributed by atoms with Crippen LogP contribution in [-0.4, -0.2) is 57.9 Å². The van der Waals surface area contributed by atoms with E-state index >= 15 is 0 Å². The van der Waals surface area contributed by atoms with Crippen molar-refractivity contribution in [2.75, 3.05) is 26.4 Å². The van der Waals surface area contributed by atoms with E-state index in [0.717, 1.165) is 0 Å². The Labute approximate surface area is 110 Å². The second kappa shape index (κ2) is 8.07. The van der Waals surface area contributed by atoms with E-state index in [4.69, 9.17) is 5.11 Å². The van der Waals surface area contributed by atoms with Crippen molar-refractivity contribution in [2.45, 2.75) is 25.5 Å². The van der Waals surface area contributed by atoms with Gasteiger partial charge in [0.25, 0.3) is 0 Å². The van der Waals surface area contributed by atoms with Crippen molar-refractivity contribution in [1.29, 1.82) is 0 Å². The van der Waals surface area contributed by atoms with Crippen LogP contribution in [-0.2, 0) is 15.6 Å². The molecule has 3 atom stereocenters. The summed E-state index contributed by atoms with van der Waals surface area (Å²) >= 11 is 0. The molecule has 0 aromatic heterocycles. The van der Waals surface area contributed by atoms with E-state index in [0.29, 0.717) is 13.0 Å². The number of carboxylic acid groups (broad SMARTS) is 1. The maximum Gasteiger partial charge on any atom is 0.317 e. The van der Waals surface area contributed by atoms with Gasteiger partial charge in [0.2, 0.25) is 0 Å². The average molecular weight is 278 g/mol. The summed E-state index contributed by atoms with van der Waals surface area (Å²) in [5.74, 6) is -1.52. The lowest BCUT2D eigenvalue weighted by molar-refractivity contribution is -0.141. The monoisotopic (exact) mass is 278 g/mol. The number of urea groups is 1. The summed E-state index contributed by atoms with van der Waals surface area (Å²) in [7, 11) is 0.658. The molecule has 2 N–H and O–H groups in total. The van der Waals surface area contributed by atoms with Crippen LogP contribution in [0.4, 0.5) is 4.79 Å². The number of rotatable bonds is 7. The van der Waals surface area contributed by atoms with Crippen LogP contribution >= 0.6 is 0 Å². The summed E-state index contributed by atoms with van der Waals surface area (Å²) in [6, 6.07) is -0.308. The second-order valence-electron chi connectivity index (χ2n) is 4.45. The van der Waals surface area contributed by atoms with Gasteiger partial charge in [-0.25, -0.2) is 4.79 Å². The Morgan fingerprint density at radius 1 is 1.39 bits per heavy atom. The van der Waals surface area contributed by atoms with E-state index in [1.807, 2.05) is 6.92 Å². The van der Waals surface area contributed by atoms with E-state index in [9.17, 15) is 13.8 Å². The van der Waals surface area contributed by atoms with Gasteiger partial charge in [0.15, 0.2) is 0 Å². The third-order valence-electron chi connectivity index (χ3n) is 2.71. The molecular formula is C11H22N2O4S. The molecule has 0 aliphatic heterocycles. The molecule has 18 heavy (non-hydrogen) atoms. The Bertz CT molecular complexity index is 322. The van der Waals surface area contributed by atoms with Crippen molar-refractivity contribution in [3.05, 3.63) is 0 Å². The molecule has 6 nitrogen and oxygen atoms in total. The summed E-state index contributed by atoms with van der Waals surface area (Å²) in [5.41, 5.74) is 0. The minimum Gasteiger partial charge on any atom is -0.481 e. The van der Waals surface area contributed by atoms with Crippen LogP contribution in [0, 0.1) is 5.92 Å². The molecule has 0 rings (SSSR count). The topological polar surface area (TPSA) is 86.7 Å². The van der Waals surface area contributed by atoms with Gasteiger partial charge >= 0.3 is 12.0 Å². The van der Waals surface area contributed by atoms with Gasteiger partial charge in [-0.1, -0.05) is 13.8 Å². The zero-order valence-corrected chi connectivity index (χ0v) is 12.1. The minimum absolute atomic E-state index is 0.0357. The summed E-state index contributed by atoms with van der Waals surface area (Å²) in [6.45, 7) is 4.01. The molecule has 0 aromatic carbocycles. The Balaban J connectivity index is 3.95. The summed E-state index contributed by atoms with van der Waals surface area (Å²) in [6.07, 6.45) is 2.27. The fraction of sp³-hybridized carbons (Fsp3) is 0.818. The standard InChI is InChI=1S/C11H22N2O4S/c1-8(10(14)15)7-13(3)11(16)12-6-5-9(2)18(4)17/h8-9H,5-7H2,1-4H3,(H,12,16)(H,14,15). The van der Waals surface area contributed by atoms with Crippen LogP contribution < -0.4 is 5.32 Å². The second-order valence-corrected chi connectivity index (χ2v) is 6.25. The minimum atomic E-state index is -0.926. The molecule has 0 saturated heterocycles. The first kappa shape index (κ1) is 16.9. The van der Waals surface area contributed by atoms with Crippen molar-refractivity contribution < 1.29 is 18.9 Å². The fourth-order valence-corrected chi connectivity index (χ4v) is 1.70. The van der Waals surface area contributed by atoms with Gasteiger partial charge in [0.1, 0.15) is 0 Å². The number of nitrogens with zero attached hydrogens (tertiary/aromatic N) is 1. The normalized spacial score (nSPS) is 15.6. The zero-order chi connectivity index (χ0) is 14.3. The predicted octanol–water partition coefficient (Wildman–Crippen LogP) is 0.506. The molecular weight excluding hydrogens is 256 g/mol. The van der Waals surface area contributed by atoms with Crippen LogP contribution in [0.3, 0.4) is 0 Å². The van der Waals surface area contributed by atoms with Crippen molar-refractivity contribution >= 4 is 22.8 Å². The highest BCUT2D eigenvalue weighted by Crippen LogP contribution is 2.00. The molecule has 2 amide bonds. The molecule has 7 heteroatoms. The first-order valence-electron chi connectivity index (χ1n) is 5.79. The molecule has 0 saturated carbocycles. The first-order chi connectivity index (χ1) is 8.25. The fourth-order valence-electron chi connectivity index (χ4n) is 1.26. The summed E-state index contributed by atoms with van der Waals surface area (Å²) in [4.78, 5) is 23.6. The Kier molecular flexibility index (Phi) is 7.58. The lowest BCUT2D eigenvalue weighted by Crippen LogP contribution is -2.41. The number of aliphatic carboxylic acids is 1. The molecule has 0 aliphatic carbocycles. The molecule has 0 aliphatic rings. The van der Waals surface area contributed by atoms with Crippen LogP contribution in [0.15, 0.2) is 0 Å². The lowest BCUT2D eigenvalue weighted by atomic mass is 10.2. The van der Waals surface area contributed by atoms with Crippen molar-refractivity contribution in [3.63, 3.8) is 0 Å². The largest absolute Gasteiger partial charge is 0.481 e. The maximum atomic E-state index is 11.6. The lowest BCUT2D eigenvalue weighted by Gasteiger charge is -2.20. The Hall–Kier alpha value is -1.11. The highest BCUT2D eigenvalue weighted by Gasteiger charge is 2.17. The highest BCUT2D eigenvalue weighted by atomic mass is 32.2. The molecule has 3 unspecified atom stereocenters. The van der Waals surface area contributed by atoms with Crippen LogP contribution in [0.25, 0.3) is 0 Å². The smallest absolute Gasteiger partial charge is 0.317 e. The van der Waals surface area contributed by atoms with E-state index in [2.05, 4.69) is 5.32 Å². The number of hydrogen-bond acceptors (Lipinski definition) is 3. The van der Waals surface area contributed by atoms with Crippen molar-refractivity contribution in [1.82, 2.24) is 10.2 Å². The molecule has 0 bridgehead atoms. The molecule has 0 radical (unpaired) electrons. The van der Waals surface area contributed by atoms with Crippen LogP contribution in [0.5, 0.6) is 0 Å². The van der Waals surface area contributed by atoms with E-state index < -0.39 is 22.7 Å². The predicted molar refractivity (Wildman–Crippen MR) is 71.0 cm³/mol. The number of hydrogen-bond donors (Lipinski definition) is 2. The molecule has 0 spiro atoms. The van der Waals surface area contributed by atoms with E-state index in [-0.39, 0.29) is 17.8 Å². The van der Waals surface area contributed by atoms with E-state index in [1.165, 1.54) is 4.90 Å². The molecule has 0 fully saturated rings. The van der Waals surface area contributed by atoms with Crippen molar-refractivity contribution in [2.24, 2.45) is 5.92 Å². The number of amides is 2. The van der Waals surface area contributed by atoms with Crippen LogP contribution in [0.1, 0.15) is 20.3 Å². The molecule has 0 aromatic rings. The van der Waals surface area contributed by atoms with Gasteiger partial charge in [-0.2, -0.15) is 0 Å². The summed E-state index contributed by atoms with van der Waals surface area (Å²) < 4.78 is 11.1. The van der Waals surface area contributed by atoms with Gasteiger partial charge in [-0.05, 0) is 6.42 Å². The third kappa shape index (κ3) is 6.58. The Morgan fingerprint density at radius 3 is 2.39 bits per heavy atom. The third-order valence-corrected chi connectivity index (χ3v) is 4.08. The van der Waals surface area contributed by atoms with Gasteiger partial charge in [-0.15, -0.1) is 0 Å². The number of carbonyl (C=O) groups is 2. The summed E-state index contributed by atoms with van der Waals surface area (Å²) in [5, 5.41) is 11.4. The quantitative estimate of drug-likeness (QED) is 0.710. The first-order valence-corrected chi connectivity index (χ1v) is 7.41. The SMILES string of the molecule is CC(CN(C)C(=O)NCCC(C)S(C)=O)C(=O)O. The number of nitrogens with one attached hydrogen (secondary N) is 1. The number of carbonyl (C=O) groups excluding carboxylic acids is 1. The van der Waals surface area contributed by atoms with Crippen molar-refractivity contribution in [3.8, 4) is 0 Å². The Morgan fingerprint density at radius 2 is 1.94 bits per heavy atom. The maximum absolute atomic E-state index is 11.6. The van der Waals surface area contributed by atoms with Gasteiger partial charge in [0.05, 0.1) is 5.92 Å². The number of carboxylic acids is 1. The molecule has 106 valence electrons. The van der Waals surface area contributed by atoms with Gasteiger partial charge in [-0.3, -0.25) is 9.00 Å². The highest BCUT2D eigenvalue weighted by molar-refractivity contribution is 7.84. The average Bonchev–Trinajstić information content (AvgIpc) is 2.27. The van der Waals surface area contributed by atoms with Crippen LogP contribution in [0.2, 0.25) is 0 Å².